The van der Waals surface area contributed by atoms with E-state index in [1.54, 1.807) is 18.7 Å². The molecule has 0 aliphatic carbocycles. The molecule has 3 N–H and O–H groups in total. The first-order chi connectivity index (χ1) is 24.2. The van der Waals surface area contributed by atoms with Crippen molar-refractivity contribution in [3.8, 4) is 5.75 Å². The number of Topliss-reactive ketones (excluding diaryl/α,β-unsaturated/α-hetero) is 1. The van der Waals surface area contributed by atoms with Gasteiger partial charge in [-0.25, -0.2) is 0 Å². The van der Waals surface area contributed by atoms with Crippen molar-refractivity contribution in [2.24, 2.45) is 0 Å². The average Bonchev–Trinajstić information content (AvgIpc) is 3.13. The number of nitrogens with one attached hydrogen (secondary N) is 1. The third kappa shape index (κ3) is 12.4. The number of β-amino-alcohol motifs (C(OH)–C–C–N with tert-alkyl or cyclic N) is 1. The molecule has 1 atom stereocenters. The summed E-state index contributed by atoms with van der Waals surface area (Å²) in [5, 5.41) is 22.0. The molecule has 0 spiro atoms. The lowest BCUT2D eigenvalue weighted by atomic mass is 10.1. The van der Waals surface area contributed by atoms with E-state index in [1.807, 2.05) is 50.2 Å². The third-order valence-electron chi connectivity index (χ3n) is 8.74. The first-order valence-corrected chi connectivity index (χ1v) is 18.4. The number of nitrogens with zero attached hydrogens (tertiary/aromatic N) is 3. The molecule has 50 heavy (non-hydrogen) atoms. The number of aryl methyl sites for hydroxylation is 1. The number of hydrogen-bond donors (Lipinski definition) is 3. The lowest BCUT2D eigenvalue weighted by molar-refractivity contribution is -0.140. The van der Waals surface area contributed by atoms with E-state index in [1.165, 1.54) is 22.6 Å². The van der Waals surface area contributed by atoms with Crippen molar-refractivity contribution >= 4 is 34.9 Å². The van der Waals surface area contributed by atoms with Crippen LogP contribution in [0, 0.1) is 0 Å². The number of anilines is 2. The van der Waals surface area contributed by atoms with E-state index in [4.69, 9.17) is 9.84 Å². The summed E-state index contributed by atoms with van der Waals surface area (Å²) in [4.78, 5) is 32.7. The van der Waals surface area contributed by atoms with Crippen molar-refractivity contribution in [1.82, 2.24) is 15.1 Å². The second-order valence-electron chi connectivity index (χ2n) is 13.0. The van der Waals surface area contributed by atoms with Gasteiger partial charge in [0.05, 0.1) is 25.1 Å². The predicted molar refractivity (Wildman–Crippen MR) is 200 cm³/mol. The zero-order valence-electron chi connectivity index (χ0n) is 30.0. The van der Waals surface area contributed by atoms with E-state index >= 15 is 0 Å². The minimum atomic E-state index is -0.536. The molecule has 0 aromatic heterocycles. The standard InChI is InChI=1S/C23H29N3O2S.C16H25NO4/c1-18(28)19-7-8-23-21(17-19)26(20-5-2-3-6-22(20)29-23)10-4-9-24-11-13-25(14-12-24)15-16-27;1-12(2)17-10-14(18)11-21-15-7-4-13(5-8-15)6-9-16(19)20-3/h2-3,5-8,17,27H,4,9-16H2,1H3;4-5,7-8,12,14,17-18H,6,9-11H2,1-3H3. The van der Waals surface area contributed by atoms with E-state index in [-0.39, 0.29) is 25.0 Å². The Morgan fingerprint density at radius 3 is 2.24 bits per heavy atom. The van der Waals surface area contributed by atoms with Crippen LogP contribution in [-0.4, -0.2) is 117 Å². The smallest absolute Gasteiger partial charge is 0.305 e. The normalized spacial score (nSPS) is 15.1. The molecular formula is C39H54N4O6S. The zero-order valence-corrected chi connectivity index (χ0v) is 30.8. The molecule has 3 aromatic carbocycles. The summed E-state index contributed by atoms with van der Waals surface area (Å²) >= 11 is 1.78. The molecular weight excluding hydrogens is 653 g/mol. The molecule has 3 aromatic rings. The van der Waals surface area contributed by atoms with E-state index < -0.39 is 6.10 Å². The van der Waals surface area contributed by atoms with Crippen molar-refractivity contribution < 1.29 is 29.3 Å². The molecule has 2 aliphatic rings. The Labute approximate surface area is 301 Å². The number of aliphatic hydroxyl groups excluding tert-OH is 2. The maximum Gasteiger partial charge on any atom is 0.305 e. The van der Waals surface area contributed by atoms with Crippen molar-refractivity contribution in [1.29, 1.82) is 0 Å². The number of fused-ring (bicyclic) bond motifs is 2. The Balaban J connectivity index is 0.000000238. The minimum Gasteiger partial charge on any atom is -0.491 e. The van der Waals surface area contributed by atoms with E-state index in [0.29, 0.717) is 31.2 Å². The fourth-order valence-electron chi connectivity index (χ4n) is 5.84. The molecule has 0 amide bonds. The SMILES string of the molecule is CC(=O)c1ccc2c(c1)N(CCCN1CCN(CCO)CC1)c1ccccc1S2.COC(=O)CCc1ccc(OCC(O)CNC(C)C)cc1. The van der Waals surface area contributed by atoms with Gasteiger partial charge in [-0.15, -0.1) is 0 Å². The van der Waals surface area contributed by atoms with E-state index in [9.17, 15) is 14.7 Å². The molecule has 0 bridgehead atoms. The van der Waals surface area contributed by atoms with Gasteiger partial charge in [-0.2, -0.15) is 0 Å². The molecule has 2 heterocycles. The Kier molecular flexibility index (Phi) is 16.1. The summed E-state index contributed by atoms with van der Waals surface area (Å²) in [6.45, 7) is 13.7. The highest BCUT2D eigenvalue weighted by Gasteiger charge is 2.24. The average molecular weight is 707 g/mol. The summed E-state index contributed by atoms with van der Waals surface area (Å²) < 4.78 is 10.1. The number of methoxy groups -OCH3 is 1. The van der Waals surface area contributed by atoms with Gasteiger partial charge in [0, 0.05) is 73.6 Å². The molecule has 0 saturated carbocycles. The topological polar surface area (TPSA) is 115 Å². The number of carbonyl (C=O) groups is 2. The Hall–Kier alpha value is -3.45. The van der Waals surface area contributed by atoms with Crippen LogP contribution < -0.4 is 15.0 Å². The summed E-state index contributed by atoms with van der Waals surface area (Å²) in [5.41, 5.74) is 4.20. The minimum absolute atomic E-state index is 0.109. The number of esters is 1. The summed E-state index contributed by atoms with van der Waals surface area (Å²) in [7, 11) is 1.39. The van der Waals surface area contributed by atoms with Crippen molar-refractivity contribution in [2.75, 3.05) is 77.6 Å². The summed E-state index contributed by atoms with van der Waals surface area (Å²) in [6, 6.07) is 22.5. The lowest BCUT2D eigenvalue weighted by Gasteiger charge is -2.36. The number of ketones is 1. The molecule has 10 nitrogen and oxygen atoms in total. The number of aliphatic hydroxyl groups is 2. The largest absolute Gasteiger partial charge is 0.491 e. The number of hydrogen-bond acceptors (Lipinski definition) is 11. The van der Waals surface area contributed by atoms with Gasteiger partial charge in [0.25, 0.3) is 0 Å². The van der Waals surface area contributed by atoms with Crippen LogP contribution in [0.4, 0.5) is 11.4 Å². The third-order valence-corrected chi connectivity index (χ3v) is 9.87. The first kappa shape index (κ1) is 39.3. The molecule has 1 fully saturated rings. The number of rotatable bonds is 16. The van der Waals surface area contributed by atoms with Crippen molar-refractivity contribution in [3.63, 3.8) is 0 Å². The molecule has 5 rings (SSSR count). The van der Waals surface area contributed by atoms with Crippen molar-refractivity contribution in [2.45, 2.75) is 62.0 Å². The number of ether oxygens (including phenoxy) is 2. The first-order valence-electron chi connectivity index (χ1n) is 17.6. The van der Waals surface area contributed by atoms with Crippen LogP contribution in [0.25, 0.3) is 0 Å². The zero-order chi connectivity index (χ0) is 35.9. The predicted octanol–water partition coefficient (Wildman–Crippen LogP) is 5.02. The van der Waals surface area contributed by atoms with E-state index in [0.717, 1.165) is 69.0 Å². The number of piperazine rings is 1. The molecule has 0 radical (unpaired) electrons. The maximum atomic E-state index is 11.9. The van der Waals surface area contributed by atoms with Crippen LogP contribution in [0.2, 0.25) is 0 Å². The molecule has 2 aliphatic heterocycles. The number of benzene rings is 3. The van der Waals surface area contributed by atoms with Crippen LogP contribution in [0.5, 0.6) is 5.75 Å². The number of para-hydroxylation sites is 1. The van der Waals surface area contributed by atoms with Gasteiger partial charge in [-0.3, -0.25) is 14.5 Å². The lowest BCUT2D eigenvalue weighted by Crippen LogP contribution is -2.47. The van der Waals surface area contributed by atoms with Crippen LogP contribution in [-0.2, 0) is 16.0 Å². The molecule has 1 unspecified atom stereocenters. The van der Waals surface area contributed by atoms with Gasteiger partial charge in [0.15, 0.2) is 5.78 Å². The highest BCUT2D eigenvalue weighted by molar-refractivity contribution is 7.99. The van der Waals surface area contributed by atoms with Gasteiger partial charge in [0.1, 0.15) is 18.5 Å². The fraction of sp³-hybridized carbons (Fsp3) is 0.487. The maximum absolute atomic E-state index is 11.9. The second kappa shape index (κ2) is 20.4. The van der Waals surface area contributed by atoms with E-state index in [2.05, 4.69) is 55.1 Å². The highest BCUT2D eigenvalue weighted by Crippen LogP contribution is 2.48. The van der Waals surface area contributed by atoms with Gasteiger partial charge in [-0.1, -0.05) is 55.9 Å². The van der Waals surface area contributed by atoms with Crippen LogP contribution in [0.3, 0.4) is 0 Å². The molecule has 1 saturated heterocycles. The Morgan fingerprint density at radius 2 is 1.58 bits per heavy atom. The van der Waals surface area contributed by atoms with Crippen LogP contribution in [0.15, 0.2) is 76.5 Å². The summed E-state index contributed by atoms with van der Waals surface area (Å²) in [6.07, 6.45) is 1.55. The monoisotopic (exact) mass is 706 g/mol. The molecule has 272 valence electrons. The quantitative estimate of drug-likeness (QED) is 0.138. The Morgan fingerprint density at radius 1 is 0.900 bits per heavy atom. The molecule has 11 heteroatoms. The Bertz CT molecular complexity index is 1500. The highest BCUT2D eigenvalue weighted by atomic mass is 32.2. The van der Waals surface area contributed by atoms with Gasteiger partial charge in [-0.05, 0) is 68.3 Å². The summed E-state index contributed by atoms with van der Waals surface area (Å²) in [5.74, 6) is 0.605. The fourth-order valence-corrected chi connectivity index (χ4v) is 6.92. The van der Waals surface area contributed by atoms with Gasteiger partial charge < -0.3 is 34.8 Å². The van der Waals surface area contributed by atoms with Crippen LogP contribution in [0.1, 0.15) is 49.5 Å². The van der Waals surface area contributed by atoms with Gasteiger partial charge >= 0.3 is 5.97 Å². The van der Waals surface area contributed by atoms with Crippen molar-refractivity contribution in [3.05, 3.63) is 77.9 Å². The second-order valence-corrected chi connectivity index (χ2v) is 14.1. The number of carbonyl (C=O) groups excluding carboxylic acids is 2. The van der Waals surface area contributed by atoms with Gasteiger partial charge in [0.2, 0.25) is 0 Å². The van der Waals surface area contributed by atoms with Crippen LogP contribution >= 0.6 is 11.8 Å².